The predicted molar refractivity (Wildman–Crippen MR) is 66.1 cm³/mol. The maximum Gasteiger partial charge on any atom is 1.00 e. The molecule has 0 aromatic rings. The monoisotopic (exact) mass is 231 g/mol. The van der Waals surface area contributed by atoms with Gasteiger partial charge < -0.3 is 9.47 Å². The first-order valence-corrected chi connectivity index (χ1v) is 7.94. The zero-order valence-electron chi connectivity index (χ0n) is 10.5. The van der Waals surface area contributed by atoms with Gasteiger partial charge in [-0.3, -0.25) is 0 Å². The second kappa shape index (κ2) is 4.08. The SMILES string of the molecule is [H+].[SiH3]C1(C2([SiH3])CCCCO2)CCCCO1. The van der Waals surface area contributed by atoms with Gasteiger partial charge in [-0.1, -0.05) is 0 Å². The van der Waals surface area contributed by atoms with Crippen molar-refractivity contribution in [1.82, 2.24) is 0 Å². The third kappa shape index (κ3) is 1.85. The Labute approximate surface area is 94.1 Å². The Balaban J connectivity index is 0.00000112. The van der Waals surface area contributed by atoms with Crippen molar-refractivity contribution in [2.24, 2.45) is 0 Å². The van der Waals surface area contributed by atoms with Gasteiger partial charge in [-0.05, 0) is 38.5 Å². The van der Waals surface area contributed by atoms with E-state index in [4.69, 9.17) is 9.47 Å². The topological polar surface area (TPSA) is 18.5 Å². The fraction of sp³-hybridized carbons (Fsp3) is 1.00. The van der Waals surface area contributed by atoms with Crippen molar-refractivity contribution in [1.29, 1.82) is 0 Å². The Morgan fingerprint density at radius 1 is 0.786 bits per heavy atom. The van der Waals surface area contributed by atoms with Crippen LogP contribution >= 0.6 is 0 Å². The van der Waals surface area contributed by atoms with E-state index in [-0.39, 0.29) is 11.9 Å². The Morgan fingerprint density at radius 2 is 1.21 bits per heavy atom. The molecule has 2 rings (SSSR count). The zero-order valence-corrected chi connectivity index (χ0v) is 13.5. The van der Waals surface area contributed by atoms with Crippen molar-refractivity contribution < 1.29 is 10.9 Å². The molecule has 0 aromatic heterocycles. The molecule has 2 atom stereocenters. The van der Waals surface area contributed by atoms with E-state index in [1.54, 1.807) is 0 Å². The lowest BCUT2D eigenvalue weighted by Gasteiger charge is -2.50. The van der Waals surface area contributed by atoms with Gasteiger partial charge in [-0.25, -0.2) is 0 Å². The first kappa shape index (κ1) is 10.9. The summed E-state index contributed by atoms with van der Waals surface area (Å²) in [4.78, 5) is 0. The first-order chi connectivity index (χ1) is 6.66. The van der Waals surface area contributed by atoms with Crippen molar-refractivity contribution in [3.63, 3.8) is 0 Å². The molecule has 14 heavy (non-hydrogen) atoms. The highest BCUT2D eigenvalue weighted by Crippen LogP contribution is 2.38. The van der Waals surface area contributed by atoms with Crippen LogP contribution in [0.1, 0.15) is 40.0 Å². The maximum atomic E-state index is 6.08. The fourth-order valence-electron chi connectivity index (χ4n) is 2.70. The molecule has 0 aromatic carbocycles. The summed E-state index contributed by atoms with van der Waals surface area (Å²) in [7, 11) is 2.27. The van der Waals surface area contributed by atoms with E-state index in [2.05, 4.69) is 0 Å². The van der Waals surface area contributed by atoms with Crippen molar-refractivity contribution in [3.8, 4) is 0 Å². The van der Waals surface area contributed by atoms with Gasteiger partial charge in [0.05, 0.1) is 10.4 Å². The molecule has 82 valence electrons. The summed E-state index contributed by atoms with van der Waals surface area (Å²) in [6.45, 7) is 1.94. The summed E-state index contributed by atoms with van der Waals surface area (Å²) in [5.74, 6) is 0. The van der Waals surface area contributed by atoms with Gasteiger partial charge in [0.15, 0.2) is 0 Å². The highest BCUT2D eigenvalue weighted by molar-refractivity contribution is 6.25. The Bertz CT molecular complexity index is 180. The molecule has 2 saturated heterocycles. The average molecular weight is 231 g/mol. The molecule has 2 aliphatic rings. The minimum atomic E-state index is 0. The van der Waals surface area contributed by atoms with Crippen LogP contribution in [0.2, 0.25) is 0 Å². The molecule has 0 radical (unpaired) electrons. The van der Waals surface area contributed by atoms with Gasteiger partial charge in [-0.15, -0.1) is 0 Å². The summed E-state index contributed by atoms with van der Waals surface area (Å²) in [5, 5.41) is 0.329. The average Bonchev–Trinajstić information content (AvgIpc) is 2.20. The number of rotatable bonds is 1. The maximum absolute atomic E-state index is 6.08. The highest BCUT2D eigenvalue weighted by atomic mass is 28.2. The molecule has 0 amide bonds. The molecule has 0 N–H and O–H groups in total. The van der Waals surface area contributed by atoms with Gasteiger partial charge in [-0.2, -0.15) is 0 Å². The van der Waals surface area contributed by atoms with Crippen molar-refractivity contribution in [3.05, 3.63) is 0 Å². The lowest BCUT2D eigenvalue weighted by Crippen LogP contribution is -2.61. The molecule has 2 fully saturated rings. The van der Waals surface area contributed by atoms with E-state index in [9.17, 15) is 0 Å². The van der Waals surface area contributed by atoms with Crippen molar-refractivity contribution >= 4 is 20.5 Å². The van der Waals surface area contributed by atoms with Crippen LogP contribution in [0.4, 0.5) is 0 Å². The molecule has 2 aliphatic heterocycles. The Hall–Kier alpha value is 0.354. The van der Waals surface area contributed by atoms with Crippen LogP contribution in [-0.2, 0) is 9.47 Å². The molecule has 0 bridgehead atoms. The molecular formula is C10H23O2Si2+. The van der Waals surface area contributed by atoms with Crippen LogP contribution in [0.5, 0.6) is 0 Å². The third-order valence-corrected chi connectivity index (χ3v) is 8.75. The van der Waals surface area contributed by atoms with Crippen LogP contribution in [-0.4, -0.2) is 44.1 Å². The smallest absolute Gasteiger partial charge is 0.377 e. The van der Waals surface area contributed by atoms with E-state index in [0.717, 1.165) is 33.7 Å². The summed E-state index contributed by atoms with van der Waals surface area (Å²) < 4.78 is 12.2. The zero-order chi connectivity index (χ0) is 10.1. The van der Waals surface area contributed by atoms with Crippen LogP contribution in [0.25, 0.3) is 0 Å². The fourth-order valence-corrected chi connectivity index (χ4v) is 4.61. The van der Waals surface area contributed by atoms with Gasteiger partial charge in [0.1, 0.15) is 0 Å². The second-order valence-electron chi connectivity index (χ2n) is 5.07. The minimum absolute atomic E-state index is 0. The Kier molecular flexibility index (Phi) is 3.16. The van der Waals surface area contributed by atoms with Gasteiger partial charge in [0, 0.05) is 33.7 Å². The minimum Gasteiger partial charge on any atom is -0.377 e. The summed E-state index contributed by atoms with van der Waals surface area (Å²) in [6, 6.07) is 0. The quantitative estimate of drug-likeness (QED) is 0.573. The predicted octanol–water partition coefficient (Wildman–Crippen LogP) is -0.377. The van der Waals surface area contributed by atoms with Gasteiger partial charge in [0.25, 0.3) is 0 Å². The van der Waals surface area contributed by atoms with Crippen LogP contribution in [0.15, 0.2) is 0 Å². The molecule has 2 nitrogen and oxygen atoms in total. The highest BCUT2D eigenvalue weighted by Gasteiger charge is 2.47. The van der Waals surface area contributed by atoms with Crippen LogP contribution in [0.3, 0.4) is 0 Å². The summed E-state index contributed by atoms with van der Waals surface area (Å²) in [5.41, 5.74) is 0. The van der Waals surface area contributed by atoms with E-state index < -0.39 is 0 Å². The van der Waals surface area contributed by atoms with E-state index in [0.29, 0.717) is 0 Å². The number of hydrogen-bond acceptors (Lipinski definition) is 2. The van der Waals surface area contributed by atoms with E-state index in [1.165, 1.54) is 38.5 Å². The first-order valence-electron chi connectivity index (χ1n) is 5.94. The number of hydrogen-bond donors (Lipinski definition) is 0. The van der Waals surface area contributed by atoms with Crippen molar-refractivity contribution in [2.45, 2.75) is 49.0 Å². The van der Waals surface area contributed by atoms with Gasteiger partial charge >= 0.3 is 1.43 Å². The van der Waals surface area contributed by atoms with Gasteiger partial charge in [0.2, 0.25) is 0 Å². The van der Waals surface area contributed by atoms with Crippen LogP contribution in [0, 0.1) is 0 Å². The third-order valence-electron chi connectivity index (χ3n) is 4.06. The molecule has 2 unspecified atom stereocenters. The molecule has 2 heterocycles. The standard InChI is InChI=1S/C10H22O2Si2/c13-9(5-1-3-7-11-9)10(14)6-2-4-8-12-10/h1-8H2,13-14H3/p+1. The largest absolute Gasteiger partial charge is 1.00 e. The van der Waals surface area contributed by atoms with E-state index in [1.807, 2.05) is 0 Å². The number of ether oxygens (including phenoxy) is 2. The van der Waals surface area contributed by atoms with Crippen LogP contribution < -0.4 is 0 Å². The summed E-state index contributed by atoms with van der Waals surface area (Å²) >= 11 is 0. The lowest BCUT2D eigenvalue weighted by molar-refractivity contribution is -0.157. The molecule has 0 saturated carbocycles. The lowest BCUT2D eigenvalue weighted by atomic mass is 9.96. The van der Waals surface area contributed by atoms with E-state index >= 15 is 0 Å². The molecule has 0 spiro atoms. The Morgan fingerprint density at radius 3 is 1.50 bits per heavy atom. The summed E-state index contributed by atoms with van der Waals surface area (Å²) in [6.07, 6.45) is 7.70. The normalized spacial score (nSPS) is 45.4. The molecule has 4 heteroatoms. The molecular weight excluding hydrogens is 208 g/mol. The molecule has 0 aliphatic carbocycles. The second-order valence-corrected chi connectivity index (χ2v) is 8.30. The van der Waals surface area contributed by atoms with Crippen molar-refractivity contribution in [2.75, 3.05) is 13.2 Å².